The van der Waals surface area contributed by atoms with Gasteiger partial charge in [0.15, 0.2) is 0 Å². The van der Waals surface area contributed by atoms with Crippen LogP contribution in [0, 0.1) is 29.1 Å². The number of thioether (sulfide) groups is 1. The Labute approximate surface area is 224 Å². The SMILES string of the molecule is CC(C)Sc1c(OCC(C)(C)C(=O)NCCC(=O)O)noc1C(=O)NCC1CC2CCCC(C)C(C2)C1. The molecule has 0 spiro atoms. The van der Waals surface area contributed by atoms with Crippen LogP contribution >= 0.6 is 11.8 Å². The molecule has 208 valence electrons. The van der Waals surface area contributed by atoms with Crippen molar-refractivity contribution in [2.24, 2.45) is 29.1 Å². The Kier molecular flexibility index (Phi) is 10.3. The van der Waals surface area contributed by atoms with Crippen LogP contribution in [-0.4, -0.2) is 53.0 Å². The predicted octanol–water partition coefficient (Wildman–Crippen LogP) is 4.75. The molecule has 9 nitrogen and oxygen atoms in total. The number of hydrogen-bond acceptors (Lipinski definition) is 7. The Morgan fingerprint density at radius 3 is 2.65 bits per heavy atom. The molecule has 37 heavy (non-hydrogen) atoms. The van der Waals surface area contributed by atoms with Gasteiger partial charge in [0.1, 0.15) is 11.5 Å². The van der Waals surface area contributed by atoms with Crippen molar-refractivity contribution in [2.45, 2.75) is 89.7 Å². The lowest BCUT2D eigenvalue weighted by Crippen LogP contribution is -2.41. The van der Waals surface area contributed by atoms with Gasteiger partial charge in [0.2, 0.25) is 11.7 Å². The fraction of sp³-hybridized carbons (Fsp3) is 0.778. The molecule has 2 aliphatic carbocycles. The molecule has 1 heterocycles. The van der Waals surface area contributed by atoms with E-state index < -0.39 is 11.4 Å². The zero-order chi connectivity index (χ0) is 27.2. The van der Waals surface area contributed by atoms with Gasteiger partial charge in [-0.05, 0) is 61.9 Å². The maximum Gasteiger partial charge on any atom is 0.305 e. The van der Waals surface area contributed by atoms with Gasteiger partial charge in [-0.25, -0.2) is 0 Å². The number of nitrogens with one attached hydrogen (secondary N) is 2. The third-order valence-electron chi connectivity index (χ3n) is 7.56. The number of ether oxygens (including phenoxy) is 1. The number of rotatable bonds is 12. The molecule has 0 radical (unpaired) electrons. The average molecular weight is 538 g/mol. The van der Waals surface area contributed by atoms with Crippen molar-refractivity contribution in [3.05, 3.63) is 5.76 Å². The Morgan fingerprint density at radius 1 is 1.19 bits per heavy atom. The Morgan fingerprint density at radius 2 is 1.95 bits per heavy atom. The standard InChI is InChI=1S/C27H43N3O6S/c1-16(2)37-23-22(24(33)29-14-19-11-18-8-6-7-17(3)20(12-18)13-19)36-30-25(23)35-15-27(4,5)26(34)28-10-9-21(31)32/h16-20H,6-15H2,1-5H3,(H,28,34)(H,29,33)(H,31,32). The monoisotopic (exact) mass is 537 g/mol. The molecule has 2 bridgehead atoms. The largest absolute Gasteiger partial charge is 0.481 e. The van der Waals surface area contributed by atoms with E-state index in [2.05, 4.69) is 22.7 Å². The topological polar surface area (TPSA) is 131 Å². The number of hydrogen-bond donors (Lipinski definition) is 3. The smallest absolute Gasteiger partial charge is 0.305 e. The van der Waals surface area contributed by atoms with Gasteiger partial charge in [-0.2, -0.15) is 0 Å². The minimum absolute atomic E-state index is 0.00577. The first kappa shape index (κ1) is 29.3. The number of amides is 2. The number of carbonyl (C=O) groups is 3. The van der Waals surface area contributed by atoms with Crippen molar-refractivity contribution >= 4 is 29.5 Å². The van der Waals surface area contributed by atoms with Crippen LogP contribution in [0.15, 0.2) is 9.42 Å². The highest BCUT2D eigenvalue weighted by Crippen LogP contribution is 2.43. The number of aliphatic carboxylic acids is 1. The van der Waals surface area contributed by atoms with E-state index in [9.17, 15) is 14.4 Å². The summed E-state index contributed by atoms with van der Waals surface area (Å²) in [5, 5.41) is 18.6. The maximum absolute atomic E-state index is 13.1. The number of carboxylic acids is 1. The highest BCUT2D eigenvalue weighted by molar-refractivity contribution is 8.00. The van der Waals surface area contributed by atoms with Crippen LogP contribution in [0.2, 0.25) is 0 Å². The van der Waals surface area contributed by atoms with Crippen LogP contribution in [0.4, 0.5) is 0 Å². The first-order valence-corrected chi connectivity index (χ1v) is 14.4. The summed E-state index contributed by atoms with van der Waals surface area (Å²) in [5.74, 6) is 1.50. The highest BCUT2D eigenvalue weighted by atomic mass is 32.2. The van der Waals surface area contributed by atoms with Gasteiger partial charge in [0.25, 0.3) is 11.8 Å². The highest BCUT2D eigenvalue weighted by Gasteiger charge is 2.35. The van der Waals surface area contributed by atoms with E-state index in [4.69, 9.17) is 14.4 Å². The van der Waals surface area contributed by atoms with Gasteiger partial charge >= 0.3 is 5.97 Å². The van der Waals surface area contributed by atoms with E-state index in [1.165, 1.54) is 50.3 Å². The summed E-state index contributed by atoms with van der Waals surface area (Å²) in [6, 6.07) is 0. The summed E-state index contributed by atoms with van der Waals surface area (Å²) in [7, 11) is 0. The molecule has 0 saturated heterocycles. The normalized spacial score (nSPS) is 23.8. The van der Waals surface area contributed by atoms with Gasteiger partial charge in [-0.15, -0.1) is 11.8 Å². The van der Waals surface area contributed by atoms with Crippen molar-refractivity contribution in [3.63, 3.8) is 0 Å². The fourth-order valence-corrected chi connectivity index (χ4v) is 6.35. The molecule has 2 fully saturated rings. The Balaban J connectivity index is 1.61. The van der Waals surface area contributed by atoms with Gasteiger partial charge in [-0.1, -0.05) is 40.0 Å². The average Bonchev–Trinajstić information content (AvgIpc) is 3.16. The Bertz CT molecular complexity index is 947. The first-order valence-electron chi connectivity index (χ1n) is 13.5. The molecule has 2 saturated carbocycles. The summed E-state index contributed by atoms with van der Waals surface area (Å²) in [5.41, 5.74) is -0.936. The summed E-state index contributed by atoms with van der Waals surface area (Å²) in [6.45, 7) is 10.5. The molecule has 2 aliphatic rings. The summed E-state index contributed by atoms with van der Waals surface area (Å²) in [4.78, 5) is 36.9. The van der Waals surface area contributed by atoms with Crippen molar-refractivity contribution < 1.29 is 28.8 Å². The number of aromatic nitrogens is 1. The number of fused-ring (bicyclic) bond motifs is 2. The van der Waals surface area contributed by atoms with Crippen LogP contribution in [0.3, 0.4) is 0 Å². The van der Waals surface area contributed by atoms with Crippen molar-refractivity contribution in [3.8, 4) is 5.88 Å². The molecule has 0 aromatic carbocycles. The van der Waals surface area contributed by atoms with Gasteiger partial charge < -0.3 is 25.0 Å². The van der Waals surface area contributed by atoms with Crippen molar-refractivity contribution in [1.82, 2.24) is 15.8 Å². The molecule has 4 atom stereocenters. The molecule has 0 aliphatic heterocycles. The predicted molar refractivity (Wildman–Crippen MR) is 142 cm³/mol. The van der Waals surface area contributed by atoms with E-state index in [-0.39, 0.29) is 48.3 Å². The van der Waals surface area contributed by atoms with E-state index >= 15 is 0 Å². The second-order valence-electron chi connectivity index (χ2n) is 11.7. The van der Waals surface area contributed by atoms with E-state index in [1.807, 2.05) is 13.8 Å². The molecule has 1 aromatic heterocycles. The van der Waals surface area contributed by atoms with Crippen molar-refractivity contribution in [1.29, 1.82) is 0 Å². The fourth-order valence-electron chi connectivity index (χ4n) is 5.44. The quantitative estimate of drug-likeness (QED) is 0.326. The van der Waals surface area contributed by atoms with E-state index in [1.54, 1.807) is 13.8 Å². The lowest BCUT2D eigenvalue weighted by Gasteiger charge is -2.35. The van der Waals surface area contributed by atoms with Gasteiger partial charge in [0, 0.05) is 18.3 Å². The zero-order valence-electron chi connectivity index (χ0n) is 22.8. The molecule has 1 aromatic rings. The van der Waals surface area contributed by atoms with Crippen LogP contribution < -0.4 is 15.4 Å². The van der Waals surface area contributed by atoms with Crippen LogP contribution in [0.5, 0.6) is 5.88 Å². The molecular weight excluding hydrogens is 494 g/mol. The van der Waals surface area contributed by atoms with E-state index in [0.29, 0.717) is 17.4 Å². The lowest BCUT2D eigenvalue weighted by atomic mass is 9.72. The van der Waals surface area contributed by atoms with E-state index in [0.717, 1.165) is 17.8 Å². The summed E-state index contributed by atoms with van der Waals surface area (Å²) in [6.07, 6.45) is 7.46. The molecule has 4 unspecified atom stereocenters. The summed E-state index contributed by atoms with van der Waals surface area (Å²) >= 11 is 1.43. The zero-order valence-corrected chi connectivity index (χ0v) is 23.6. The minimum atomic E-state index is -0.977. The Hall–Kier alpha value is -2.23. The maximum atomic E-state index is 13.1. The number of carbonyl (C=O) groups excluding carboxylic acids is 2. The third kappa shape index (κ3) is 8.38. The van der Waals surface area contributed by atoms with Crippen LogP contribution in [0.25, 0.3) is 0 Å². The number of carboxylic acid groups (broad SMARTS) is 1. The summed E-state index contributed by atoms with van der Waals surface area (Å²) < 4.78 is 11.3. The van der Waals surface area contributed by atoms with Gasteiger partial charge in [-0.3, -0.25) is 14.4 Å². The molecule has 2 amide bonds. The van der Waals surface area contributed by atoms with Crippen LogP contribution in [0.1, 0.15) is 90.1 Å². The molecule has 3 N–H and O–H groups in total. The lowest BCUT2D eigenvalue weighted by molar-refractivity contribution is -0.137. The number of nitrogens with zero attached hydrogens (tertiary/aromatic N) is 1. The van der Waals surface area contributed by atoms with Gasteiger partial charge in [0.05, 0.1) is 11.8 Å². The molecular formula is C27H43N3O6S. The second kappa shape index (κ2) is 13.0. The molecule has 10 heteroatoms. The second-order valence-corrected chi connectivity index (χ2v) is 13.3. The van der Waals surface area contributed by atoms with Crippen molar-refractivity contribution in [2.75, 3.05) is 19.7 Å². The first-order chi connectivity index (χ1) is 17.5. The minimum Gasteiger partial charge on any atom is -0.481 e. The molecule has 3 rings (SSSR count). The third-order valence-corrected chi connectivity index (χ3v) is 8.62. The van der Waals surface area contributed by atoms with Crippen LogP contribution in [-0.2, 0) is 9.59 Å².